The molecule has 2 atom stereocenters. The molecule has 2 aromatic rings. The molecule has 4 nitrogen and oxygen atoms in total. The molecule has 2 unspecified atom stereocenters. The van der Waals surface area contributed by atoms with Crippen LogP contribution >= 0.6 is 0 Å². The number of nitrogens with zero attached hydrogens (tertiary/aromatic N) is 1. The number of ether oxygens (including phenoxy) is 1. The molecule has 0 bridgehead atoms. The van der Waals surface area contributed by atoms with Crippen LogP contribution in [0.25, 0.3) is 10.9 Å². The van der Waals surface area contributed by atoms with Crippen molar-refractivity contribution in [2.45, 2.75) is 38.7 Å². The summed E-state index contributed by atoms with van der Waals surface area (Å²) in [7, 11) is 0. The van der Waals surface area contributed by atoms with Crippen LogP contribution in [0.1, 0.15) is 43.0 Å². The smallest absolute Gasteiger partial charge is 0.341 e. The van der Waals surface area contributed by atoms with Gasteiger partial charge in [-0.15, -0.1) is 0 Å². The van der Waals surface area contributed by atoms with Crippen molar-refractivity contribution in [2.75, 3.05) is 0 Å². The largest absolute Gasteiger partial charge is 0.488 e. The Hall–Kier alpha value is -2.10. The highest BCUT2D eigenvalue weighted by Crippen LogP contribution is 2.34. The van der Waals surface area contributed by atoms with Crippen LogP contribution < -0.4 is 4.74 Å². The number of aromatic carboxylic acids is 1. The number of rotatable bonds is 3. The predicted octanol–water partition coefficient (Wildman–Crippen LogP) is 3.89. The maximum Gasteiger partial charge on any atom is 0.341 e. The lowest BCUT2D eigenvalue weighted by Gasteiger charge is -2.30. The summed E-state index contributed by atoms with van der Waals surface area (Å²) in [6.45, 7) is 2.17. The Balaban J connectivity index is 2.05. The summed E-state index contributed by atoms with van der Waals surface area (Å²) in [4.78, 5) is 15.7. The molecule has 0 amide bonds. The van der Waals surface area contributed by atoms with Crippen molar-refractivity contribution in [3.05, 3.63) is 36.0 Å². The van der Waals surface area contributed by atoms with Crippen molar-refractivity contribution in [1.29, 1.82) is 0 Å². The zero-order valence-electron chi connectivity index (χ0n) is 12.1. The second-order valence-corrected chi connectivity index (χ2v) is 5.74. The molecule has 0 aliphatic heterocycles. The summed E-state index contributed by atoms with van der Waals surface area (Å²) in [5, 5.41) is 10.2. The molecule has 4 heteroatoms. The van der Waals surface area contributed by atoms with Crippen molar-refractivity contribution in [2.24, 2.45) is 5.92 Å². The third-order valence-electron chi connectivity index (χ3n) is 4.26. The highest BCUT2D eigenvalue weighted by molar-refractivity contribution is 5.98. The van der Waals surface area contributed by atoms with Crippen molar-refractivity contribution in [3.8, 4) is 5.75 Å². The lowest BCUT2D eigenvalue weighted by molar-refractivity contribution is 0.0674. The third-order valence-corrected chi connectivity index (χ3v) is 4.26. The van der Waals surface area contributed by atoms with Crippen molar-refractivity contribution in [3.63, 3.8) is 0 Å². The van der Waals surface area contributed by atoms with E-state index in [1.807, 2.05) is 24.3 Å². The van der Waals surface area contributed by atoms with E-state index in [1.165, 1.54) is 12.6 Å². The van der Waals surface area contributed by atoms with Gasteiger partial charge in [0.25, 0.3) is 0 Å². The maximum absolute atomic E-state index is 11.5. The van der Waals surface area contributed by atoms with E-state index in [-0.39, 0.29) is 11.7 Å². The molecule has 1 N–H and O–H groups in total. The summed E-state index contributed by atoms with van der Waals surface area (Å²) in [5.74, 6) is -0.0779. The number of hydrogen-bond donors (Lipinski definition) is 1. The maximum atomic E-state index is 11.5. The van der Waals surface area contributed by atoms with Gasteiger partial charge in [-0.3, -0.25) is 4.98 Å². The Morgan fingerprint density at radius 3 is 2.81 bits per heavy atom. The predicted molar refractivity (Wildman–Crippen MR) is 80.8 cm³/mol. The molecular formula is C17H19NO3. The van der Waals surface area contributed by atoms with Gasteiger partial charge in [0.1, 0.15) is 17.4 Å². The van der Waals surface area contributed by atoms with Gasteiger partial charge in [0.15, 0.2) is 0 Å². The molecule has 21 heavy (non-hydrogen) atoms. The average Bonchev–Trinajstić information content (AvgIpc) is 2.49. The Labute approximate surface area is 123 Å². The number of benzene rings is 1. The van der Waals surface area contributed by atoms with E-state index in [9.17, 15) is 9.90 Å². The van der Waals surface area contributed by atoms with Gasteiger partial charge in [0, 0.05) is 11.6 Å². The minimum Gasteiger partial charge on any atom is -0.488 e. The summed E-state index contributed by atoms with van der Waals surface area (Å²) in [6.07, 6.45) is 5.97. The van der Waals surface area contributed by atoms with Gasteiger partial charge in [-0.1, -0.05) is 25.5 Å². The van der Waals surface area contributed by atoms with Crippen LogP contribution in [-0.4, -0.2) is 22.2 Å². The molecule has 0 spiro atoms. The summed E-state index contributed by atoms with van der Waals surface area (Å²) >= 11 is 0. The monoisotopic (exact) mass is 285 g/mol. The lowest BCUT2D eigenvalue weighted by Crippen LogP contribution is -2.29. The molecule has 3 rings (SSSR count). The molecule has 110 valence electrons. The van der Waals surface area contributed by atoms with Gasteiger partial charge in [0.05, 0.1) is 5.52 Å². The van der Waals surface area contributed by atoms with Crippen LogP contribution in [0.4, 0.5) is 0 Å². The molecule has 0 radical (unpaired) electrons. The van der Waals surface area contributed by atoms with Crippen molar-refractivity contribution >= 4 is 16.9 Å². The van der Waals surface area contributed by atoms with Crippen LogP contribution in [0.5, 0.6) is 5.75 Å². The van der Waals surface area contributed by atoms with Crippen LogP contribution in [0.15, 0.2) is 30.5 Å². The van der Waals surface area contributed by atoms with E-state index < -0.39 is 5.97 Å². The molecule has 1 aromatic carbocycles. The molecular weight excluding hydrogens is 266 g/mol. The quantitative estimate of drug-likeness (QED) is 0.929. The number of para-hydroxylation sites is 1. The molecule has 1 fully saturated rings. The number of carboxylic acid groups (broad SMARTS) is 1. The minimum absolute atomic E-state index is 0.0858. The van der Waals surface area contributed by atoms with E-state index in [4.69, 9.17) is 4.74 Å². The fourth-order valence-electron chi connectivity index (χ4n) is 3.00. The standard InChI is InChI=1S/C17H19NO3/c1-11-6-2-5-9-15(11)21-16-12-7-3-4-8-14(12)18-10-13(16)17(19)20/h3-4,7-8,10-11,15H,2,5-6,9H2,1H3,(H,19,20). The summed E-state index contributed by atoms with van der Waals surface area (Å²) in [5.41, 5.74) is 0.910. The molecule has 1 saturated carbocycles. The molecule has 0 saturated heterocycles. The number of hydrogen-bond acceptors (Lipinski definition) is 3. The third kappa shape index (κ3) is 2.71. The van der Waals surface area contributed by atoms with Crippen molar-refractivity contribution in [1.82, 2.24) is 4.98 Å². The van der Waals surface area contributed by atoms with Gasteiger partial charge in [-0.25, -0.2) is 4.79 Å². The topological polar surface area (TPSA) is 59.4 Å². The Morgan fingerprint density at radius 2 is 2.05 bits per heavy atom. The van der Waals surface area contributed by atoms with Crippen molar-refractivity contribution < 1.29 is 14.6 Å². The second kappa shape index (κ2) is 5.72. The Bertz CT molecular complexity index is 668. The van der Waals surface area contributed by atoms with Gasteiger partial charge >= 0.3 is 5.97 Å². The van der Waals surface area contributed by atoms with Gasteiger partial charge in [-0.2, -0.15) is 0 Å². The zero-order chi connectivity index (χ0) is 14.8. The number of carbonyl (C=O) groups is 1. The number of pyridine rings is 1. The fraction of sp³-hybridized carbons (Fsp3) is 0.412. The van der Waals surface area contributed by atoms with Gasteiger partial charge in [0.2, 0.25) is 0 Å². The molecule has 1 aliphatic carbocycles. The van der Waals surface area contributed by atoms with Gasteiger partial charge < -0.3 is 9.84 Å². The highest BCUT2D eigenvalue weighted by atomic mass is 16.5. The molecule has 1 aromatic heterocycles. The second-order valence-electron chi connectivity index (χ2n) is 5.74. The number of aromatic nitrogens is 1. The van der Waals surface area contributed by atoms with E-state index in [2.05, 4.69) is 11.9 Å². The first kappa shape index (κ1) is 13.9. The van der Waals surface area contributed by atoms with E-state index >= 15 is 0 Å². The fourth-order valence-corrected chi connectivity index (χ4v) is 3.00. The highest BCUT2D eigenvalue weighted by Gasteiger charge is 2.26. The zero-order valence-corrected chi connectivity index (χ0v) is 12.1. The normalized spacial score (nSPS) is 22.1. The summed E-state index contributed by atoms with van der Waals surface area (Å²) in [6, 6.07) is 7.52. The molecule has 1 heterocycles. The van der Waals surface area contributed by atoms with E-state index in [1.54, 1.807) is 0 Å². The summed E-state index contributed by atoms with van der Waals surface area (Å²) < 4.78 is 6.15. The lowest BCUT2D eigenvalue weighted by atomic mass is 9.88. The van der Waals surface area contributed by atoms with E-state index in [0.29, 0.717) is 11.7 Å². The SMILES string of the molecule is CC1CCCCC1Oc1c(C(=O)O)cnc2ccccc12. The van der Waals surface area contributed by atoms with Crippen LogP contribution in [-0.2, 0) is 0 Å². The van der Waals surface area contributed by atoms with Gasteiger partial charge in [-0.05, 0) is 37.3 Å². The Morgan fingerprint density at radius 1 is 1.29 bits per heavy atom. The average molecular weight is 285 g/mol. The first-order chi connectivity index (χ1) is 10.2. The Kier molecular flexibility index (Phi) is 3.78. The first-order valence-electron chi connectivity index (χ1n) is 7.44. The first-order valence-corrected chi connectivity index (χ1v) is 7.44. The molecule has 1 aliphatic rings. The van der Waals surface area contributed by atoms with Crippen LogP contribution in [0, 0.1) is 5.92 Å². The van der Waals surface area contributed by atoms with E-state index in [0.717, 1.165) is 30.2 Å². The minimum atomic E-state index is -0.994. The number of fused-ring (bicyclic) bond motifs is 1. The number of carboxylic acids is 1. The van der Waals surface area contributed by atoms with Crippen LogP contribution in [0.2, 0.25) is 0 Å². The van der Waals surface area contributed by atoms with Crippen LogP contribution in [0.3, 0.4) is 0 Å².